The molecule has 21 heavy (non-hydrogen) atoms. The molecule has 0 bridgehead atoms. The summed E-state index contributed by atoms with van der Waals surface area (Å²) in [6.07, 6.45) is 4.89. The van der Waals surface area contributed by atoms with Crippen molar-refractivity contribution in [3.05, 3.63) is 60.0 Å². The van der Waals surface area contributed by atoms with Crippen LogP contribution in [0, 0.1) is 0 Å². The molecule has 4 heteroatoms. The molecule has 4 nitrogen and oxygen atoms in total. The molecular weight excluding hydrogens is 260 g/mol. The fourth-order valence-corrected chi connectivity index (χ4v) is 2.60. The summed E-state index contributed by atoms with van der Waals surface area (Å²) >= 11 is 0. The molecule has 1 N–H and O–H groups in total. The largest absolute Gasteiger partial charge is 0.305 e. The zero-order valence-corrected chi connectivity index (χ0v) is 12.5. The number of aromatic nitrogens is 3. The smallest absolute Gasteiger partial charge is 0.0763 e. The van der Waals surface area contributed by atoms with Gasteiger partial charge in [0.2, 0.25) is 0 Å². The van der Waals surface area contributed by atoms with Crippen LogP contribution in [0.25, 0.3) is 10.9 Å². The van der Waals surface area contributed by atoms with Gasteiger partial charge in [0.1, 0.15) is 0 Å². The second-order valence-electron chi connectivity index (χ2n) is 5.23. The minimum atomic E-state index is 0.120. The summed E-state index contributed by atoms with van der Waals surface area (Å²) < 4.78 is 1.92. The van der Waals surface area contributed by atoms with E-state index in [2.05, 4.69) is 40.5 Å². The van der Waals surface area contributed by atoms with Crippen molar-refractivity contribution in [3.63, 3.8) is 0 Å². The molecule has 1 atom stereocenters. The summed E-state index contributed by atoms with van der Waals surface area (Å²) in [7, 11) is 1.98. The summed E-state index contributed by atoms with van der Waals surface area (Å²) in [6.45, 7) is 3.13. The van der Waals surface area contributed by atoms with E-state index >= 15 is 0 Å². The van der Waals surface area contributed by atoms with Crippen molar-refractivity contribution in [2.45, 2.75) is 19.4 Å². The first-order valence-electron chi connectivity index (χ1n) is 7.35. The van der Waals surface area contributed by atoms with E-state index in [-0.39, 0.29) is 6.04 Å². The molecule has 2 aromatic heterocycles. The van der Waals surface area contributed by atoms with Gasteiger partial charge in [-0.2, -0.15) is 5.10 Å². The van der Waals surface area contributed by atoms with Crippen LogP contribution < -0.4 is 5.32 Å². The quantitative estimate of drug-likeness (QED) is 0.781. The van der Waals surface area contributed by atoms with Crippen LogP contribution in [0.1, 0.15) is 30.6 Å². The standard InChI is InChI=1S/C17H20N4/c1-3-9-18-17(16-8-10-20-21(16)2)14-11-13-6-4-5-7-15(13)19-12-14/h4-8,10-12,17-18H,3,9H2,1-2H3. The average Bonchev–Trinajstić information content (AvgIpc) is 2.94. The van der Waals surface area contributed by atoms with Crippen molar-refractivity contribution in [1.82, 2.24) is 20.1 Å². The fourth-order valence-electron chi connectivity index (χ4n) is 2.60. The van der Waals surface area contributed by atoms with Gasteiger partial charge < -0.3 is 5.32 Å². The summed E-state index contributed by atoms with van der Waals surface area (Å²) in [5.41, 5.74) is 3.35. The van der Waals surface area contributed by atoms with E-state index < -0.39 is 0 Å². The Labute approximate surface area is 124 Å². The Morgan fingerprint density at radius 2 is 2.10 bits per heavy atom. The molecule has 0 aliphatic carbocycles. The average molecular weight is 280 g/mol. The Balaban J connectivity index is 2.03. The lowest BCUT2D eigenvalue weighted by Crippen LogP contribution is -2.25. The van der Waals surface area contributed by atoms with Crippen molar-refractivity contribution in [2.24, 2.45) is 7.05 Å². The Morgan fingerprint density at radius 3 is 2.86 bits per heavy atom. The number of nitrogens with one attached hydrogen (secondary N) is 1. The van der Waals surface area contributed by atoms with E-state index in [1.54, 1.807) is 0 Å². The third-order valence-electron chi connectivity index (χ3n) is 3.70. The van der Waals surface area contributed by atoms with Crippen LogP contribution in [-0.4, -0.2) is 21.3 Å². The van der Waals surface area contributed by atoms with Crippen LogP contribution >= 0.6 is 0 Å². The predicted octanol–water partition coefficient (Wildman–Crippen LogP) is 3.06. The number of aryl methyl sites for hydroxylation is 1. The fraction of sp³-hybridized carbons (Fsp3) is 0.294. The van der Waals surface area contributed by atoms with Gasteiger partial charge in [-0.25, -0.2) is 0 Å². The van der Waals surface area contributed by atoms with Gasteiger partial charge >= 0.3 is 0 Å². The van der Waals surface area contributed by atoms with E-state index in [4.69, 9.17) is 0 Å². The van der Waals surface area contributed by atoms with Crippen molar-refractivity contribution in [1.29, 1.82) is 0 Å². The highest BCUT2D eigenvalue weighted by molar-refractivity contribution is 5.78. The molecule has 0 amide bonds. The van der Waals surface area contributed by atoms with Crippen molar-refractivity contribution >= 4 is 10.9 Å². The maximum Gasteiger partial charge on any atom is 0.0763 e. The summed E-state index contributed by atoms with van der Waals surface area (Å²) in [5, 5.41) is 9.05. The van der Waals surface area contributed by atoms with Crippen LogP contribution in [0.2, 0.25) is 0 Å². The minimum Gasteiger partial charge on any atom is -0.305 e. The molecule has 3 aromatic rings. The third-order valence-corrected chi connectivity index (χ3v) is 3.70. The van der Waals surface area contributed by atoms with Gasteiger partial charge in [-0.3, -0.25) is 9.67 Å². The first-order chi connectivity index (χ1) is 10.3. The van der Waals surface area contributed by atoms with E-state index in [0.29, 0.717) is 0 Å². The molecule has 0 aliphatic rings. The molecule has 1 unspecified atom stereocenters. The van der Waals surface area contributed by atoms with Crippen molar-refractivity contribution in [2.75, 3.05) is 6.54 Å². The van der Waals surface area contributed by atoms with Gasteiger partial charge in [-0.1, -0.05) is 25.1 Å². The number of para-hydroxylation sites is 1. The van der Waals surface area contributed by atoms with Crippen molar-refractivity contribution < 1.29 is 0 Å². The van der Waals surface area contributed by atoms with Gasteiger partial charge in [0.05, 0.1) is 17.3 Å². The van der Waals surface area contributed by atoms with Crippen LogP contribution in [0.15, 0.2) is 48.8 Å². The molecule has 0 radical (unpaired) electrons. The highest BCUT2D eigenvalue weighted by Gasteiger charge is 2.17. The number of pyridine rings is 1. The van der Waals surface area contributed by atoms with Gasteiger partial charge in [-0.15, -0.1) is 0 Å². The number of nitrogens with zero attached hydrogens (tertiary/aromatic N) is 3. The molecule has 108 valence electrons. The SMILES string of the molecule is CCCNC(c1cnc2ccccc2c1)c1ccnn1C. The minimum absolute atomic E-state index is 0.120. The maximum atomic E-state index is 4.58. The zero-order valence-electron chi connectivity index (χ0n) is 12.5. The lowest BCUT2D eigenvalue weighted by atomic mass is 10.0. The lowest BCUT2D eigenvalue weighted by Gasteiger charge is -2.19. The lowest BCUT2D eigenvalue weighted by molar-refractivity contribution is 0.553. The molecule has 1 aromatic carbocycles. The van der Waals surface area contributed by atoms with Crippen LogP contribution in [0.3, 0.4) is 0 Å². The summed E-state index contributed by atoms with van der Waals surface area (Å²) in [5.74, 6) is 0. The predicted molar refractivity (Wildman–Crippen MR) is 85.1 cm³/mol. The molecule has 0 fully saturated rings. The third kappa shape index (κ3) is 2.81. The van der Waals surface area contributed by atoms with Crippen LogP contribution in [0.5, 0.6) is 0 Å². The van der Waals surface area contributed by atoms with Gasteiger partial charge in [0, 0.05) is 24.8 Å². The molecule has 0 aliphatic heterocycles. The van der Waals surface area contributed by atoms with Gasteiger partial charge in [0.15, 0.2) is 0 Å². The zero-order chi connectivity index (χ0) is 14.7. The van der Waals surface area contributed by atoms with Gasteiger partial charge in [-0.05, 0) is 36.7 Å². The van der Waals surface area contributed by atoms with Crippen LogP contribution in [0.4, 0.5) is 0 Å². The number of hydrogen-bond donors (Lipinski definition) is 1. The molecule has 0 saturated heterocycles. The Bertz CT molecular complexity index is 732. The van der Waals surface area contributed by atoms with Crippen molar-refractivity contribution in [3.8, 4) is 0 Å². The number of fused-ring (bicyclic) bond motifs is 1. The highest BCUT2D eigenvalue weighted by Crippen LogP contribution is 2.23. The number of rotatable bonds is 5. The normalized spacial score (nSPS) is 12.7. The first-order valence-corrected chi connectivity index (χ1v) is 7.35. The highest BCUT2D eigenvalue weighted by atomic mass is 15.3. The Morgan fingerprint density at radius 1 is 1.24 bits per heavy atom. The topological polar surface area (TPSA) is 42.7 Å². The Kier molecular flexibility index (Phi) is 3.97. The van der Waals surface area contributed by atoms with E-state index in [1.165, 1.54) is 10.9 Å². The van der Waals surface area contributed by atoms with Crippen LogP contribution in [-0.2, 0) is 7.05 Å². The molecule has 0 spiro atoms. The number of hydrogen-bond acceptors (Lipinski definition) is 3. The summed E-state index contributed by atoms with van der Waals surface area (Å²) in [4.78, 5) is 4.58. The molecule has 2 heterocycles. The van der Waals surface area contributed by atoms with E-state index in [1.807, 2.05) is 42.3 Å². The molecule has 0 saturated carbocycles. The number of benzene rings is 1. The van der Waals surface area contributed by atoms with E-state index in [0.717, 1.165) is 24.2 Å². The van der Waals surface area contributed by atoms with E-state index in [9.17, 15) is 0 Å². The second-order valence-corrected chi connectivity index (χ2v) is 5.23. The maximum absolute atomic E-state index is 4.58. The first kappa shape index (κ1) is 13.8. The molecule has 3 rings (SSSR count). The van der Waals surface area contributed by atoms with Gasteiger partial charge in [0.25, 0.3) is 0 Å². The monoisotopic (exact) mass is 280 g/mol. The second kappa shape index (κ2) is 6.06. The summed E-state index contributed by atoms with van der Waals surface area (Å²) in [6, 6.07) is 12.6. The Hall–Kier alpha value is -2.20. The molecular formula is C17H20N4.